The maximum absolute atomic E-state index is 13.1. The minimum Gasteiger partial charge on any atom is -0.358 e. The molecule has 0 spiro atoms. The van der Waals surface area contributed by atoms with Gasteiger partial charge in [-0.2, -0.15) is 9.38 Å². The van der Waals surface area contributed by atoms with Gasteiger partial charge in [0, 0.05) is 13.1 Å². The van der Waals surface area contributed by atoms with E-state index in [0.29, 0.717) is 5.65 Å². The molecule has 6 nitrogen and oxygen atoms in total. The average Bonchev–Trinajstić information content (AvgIpc) is 2.93. The molecule has 0 radical (unpaired) electrons. The van der Waals surface area contributed by atoms with E-state index in [1.54, 1.807) is 48.5 Å². The van der Waals surface area contributed by atoms with E-state index in [1.165, 1.54) is 16.5 Å². The van der Waals surface area contributed by atoms with Crippen LogP contribution in [0.15, 0.2) is 48.7 Å². The second kappa shape index (κ2) is 5.68. The molecule has 118 valence electrons. The first-order chi connectivity index (χ1) is 11.0. The van der Waals surface area contributed by atoms with Gasteiger partial charge in [-0.05, 0) is 35.6 Å². The third kappa shape index (κ3) is 2.61. The summed E-state index contributed by atoms with van der Waals surface area (Å²) in [5, 5.41) is 11.5. The van der Waals surface area contributed by atoms with Gasteiger partial charge in [0.15, 0.2) is 0 Å². The van der Waals surface area contributed by atoms with E-state index < -0.39 is 4.92 Å². The molecular weight excluding hydrogens is 299 g/mol. The molecule has 0 N–H and O–H groups in total. The number of rotatable bonds is 4. The third-order valence-corrected chi connectivity index (χ3v) is 3.93. The minimum absolute atomic E-state index is 0.0861. The van der Waals surface area contributed by atoms with Gasteiger partial charge in [-0.25, -0.2) is 4.39 Å². The van der Waals surface area contributed by atoms with Gasteiger partial charge in [0.05, 0.1) is 12.2 Å². The molecule has 0 aliphatic carbocycles. The van der Waals surface area contributed by atoms with E-state index in [9.17, 15) is 14.5 Å². The third-order valence-electron chi connectivity index (χ3n) is 3.93. The number of hydrogen-bond acceptors (Lipinski definition) is 4. The van der Waals surface area contributed by atoms with Crippen LogP contribution in [0.4, 0.5) is 16.0 Å². The van der Waals surface area contributed by atoms with Crippen molar-refractivity contribution in [2.75, 3.05) is 11.9 Å². The van der Waals surface area contributed by atoms with Gasteiger partial charge >= 0.3 is 5.82 Å². The molecule has 1 atom stereocenters. The molecule has 2 aromatic heterocycles. The molecule has 3 aromatic rings. The van der Waals surface area contributed by atoms with Crippen LogP contribution >= 0.6 is 0 Å². The monoisotopic (exact) mass is 314 g/mol. The molecule has 0 aliphatic rings. The summed E-state index contributed by atoms with van der Waals surface area (Å²) in [6.45, 7) is 1.89. The van der Waals surface area contributed by atoms with Crippen LogP contribution in [-0.4, -0.2) is 21.4 Å². The summed E-state index contributed by atoms with van der Waals surface area (Å²) in [7, 11) is 1.74. The van der Waals surface area contributed by atoms with E-state index in [2.05, 4.69) is 4.98 Å². The summed E-state index contributed by atoms with van der Waals surface area (Å²) in [4.78, 5) is 17.1. The van der Waals surface area contributed by atoms with Crippen LogP contribution in [-0.2, 0) is 0 Å². The highest BCUT2D eigenvalue weighted by Gasteiger charge is 2.27. The SMILES string of the molecule is CC(c1ccc(F)cc1)N(C)c1nc2ccccn2c1[N+](=O)[O-]. The summed E-state index contributed by atoms with van der Waals surface area (Å²) >= 11 is 0. The summed E-state index contributed by atoms with van der Waals surface area (Å²) in [5.41, 5.74) is 1.35. The Labute approximate surface area is 131 Å². The molecule has 3 rings (SSSR count). The Balaban J connectivity index is 2.06. The molecule has 0 saturated carbocycles. The van der Waals surface area contributed by atoms with Gasteiger partial charge in [0.1, 0.15) is 5.82 Å². The topological polar surface area (TPSA) is 63.7 Å². The summed E-state index contributed by atoms with van der Waals surface area (Å²) < 4.78 is 14.5. The van der Waals surface area contributed by atoms with Gasteiger partial charge in [-0.15, -0.1) is 0 Å². The lowest BCUT2D eigenvalue weighted by Crippen LogP contribution is -2.23. The van der Waals surface area contributed by atoms with Crippen molar-refractivity contribution < 1.29 is 9.31 Å². The number of fused-ring (bicyclic) bond motifs is 1. The Morgan fingerprint density at radius 2 is 1.96 bits per heavy atom. The van der Waals surface area contributed by atoms with Crippen LogP contribution in [0.5, 0.6) is 0 Å². The van der Waals surface area contributed by atoms with Crippen LogP contribution in [0.1, 0.15) is 18.5 Å². The van der Waals surface area contributed by atoms with Gasteiger partial charge in [0.2, 0.25) is 11.5 Å². The largest absolute Gasteiger partial charge is 0.372 e. The molecule has 1 aromatic carbocycles. The normalized spacial score (nSPS) is 12.3. The summed E-state index contributed by atoms with van der Waals surface area (Å²) in [5.74, 6) is -0.127. The highest BCUT2D eigenvalue weighted by atomic mass is 19.1. The molecule has 0 aliphatic heterocycles. The molecule has 1 unspecified atom stereocenters. The second-order valence-electron chi connectivity index (χ2n) is 5.28. The van der Waals surface area contributed by atoms with Crippen LogP contribution in [0.2, 0.25) is 0 Å². The molecule has 0 saturated heterocycles. The molecule has 0 bridgehead atoms. The number of nitro groups is 1. The zero-order valence-electron chi connectivity index (χ0n) is 12.7. The molecule has 2 heterocycles. The van der Waals surface area contributed by atoms with Crippen molar-refractivity contribution in [2.45, 2.75) is 13.0 Å². The van der Waals surface area contributed by atoms with Crippen molar-refractivity contribution in [3.05, 3.63) is 70.2 Å². The maximum Gasteiger partial charge on any atom is 0.372 e. The number of benzene rings is 1. The lowest BCUT2D eigenvalue weighted by molar-refractivity contribution is -0.389. The second-order valence-corrected chi connectivity index (χ2v) is 5.28. The van der Waals surface area contributed by atoms with Gasteiger partial charge in [-0.1, -0.05) is 18.2 Å². The Bertz CT molecular complexity index is 860. The number of pyridine rings is 1. The van der Waals surface area contributed by atoms with Crippen molar-refractivity contribution in [3.8, 4) is 0 Å². The first-order valence-electron chi connectivity index (χ1n) is 7.09. The van der Waals surface area contributed by atoms with Crippen molar-refractivity contribution in [3.63, 3.8) is 0 Å². The van der Waals surface area contributed by atoms with Crippen molar-refractivity contribution in [1.29, 1.82) is 0 Å². The van der Waals surface area contributed by atoms with E-state index >= 15 is 0 Å². The quantitative estimate of drug-likeness (QED) is 0.545. The number of halogens is 1. The Kier molecular flexibility index (Phi) is 3.69. The summed E-state index contributed by atoms with van der Waals surface area (Å²) in [6.07, 6.45) is 1.61. The minimum atomic E-state index is -0.441. The lowest BCUT2D eigenvalue weighted by atomic mass is 10.1. The number of imidazole rings is 1. The number of hydrogen-bond donors (Lipinski definition) is 0. The van der Waals surface area contributed by atoms with Gasteiger partial charge < -0.3 is 15.0 Å². The van der Waals surface area contributed by atoms with E-state index in [-0.39, 0.29) is 23.5 Å². The van der Waals surface area contributed by atoms with Gasteiger partial charge in [-0.3, -0.25) is 0 Å². The van der Waals surface area contributed by atoms with Crippen molar-refractivity contribution in [1.82, 2.24) is 9.38 Å². The molecule has 23 heavy (non-hydrogen) atoms. The Morgan fingerprint density at radius 3 is 2.61 bits per heavy atom. The van der Waals surface area contributed by atoms with E-state index in [1.807, 2.05) is 6.92 Å². The zero-order chi connectivity index (χ0) is 16.6. The highest BCUT2D eigenvalue weighted by Crippen LogP contribution is 2.33. The van der Waals surface area contributed by atoms with Crippen LogP contribution in [0, 0.1) is 15.9 Å². The predicted octanol–water partition coefficient (Wildman–Crippen LogP) is 3.58. The van der Waals surface area contributed by atoms with Crippen LogP contribution in [0.25, 0.3) is 5.65 Å². The standard InChI is InChI=1S/C16H15FN4O2/c1-11(12-6-8-13(17)9-7-12)19(2)15-16(21(22)23)20-10-4-3-5-14(20)18-15/h3-11H,1-2H3. The Hall–Kier alpha value is -2.96. The van der Waals surface area contributed by atoms with Crippen LogP contribution in [0.3, 0.4) is 0 Å². The molecule has 0 fully saturated rings. The summed E-state index contributed by atoms with van der Waals surface area (Å²) in [6, 6.07) is 11.1. The van der Waals surface area contributed by atoms with Crippen molar-refractivity contribution in [2.24, 2.45) is 0 Å². The fourth-order valence-electron chi connectivity index (χ4n) is 2.53. The number of anilines is 1. The average molecular weight is 314 g/mol. The van der Waals surface area contributed by atoms with Gasteiger partial charge in [0.25, 0.3) is 0 Å². The smallest absolute Gasteiger partial charge is 0.358 e. The fourth-order valence-corrected chi connectivity index (χ4v) is 2.53. The van der Waals surface area contributed by atoms with Crippen molar-refractivity contribution >= 4 is 17.3 Å². The van der Waals surface area contributed by atoms with E-state index in [4.69, 9.17) is 0 Å². The zero-order valence-corrected chi connectivity index (χ0v) is 12.7. The Morgan fingerprint density at radius 1 is 1.26 bits per heavy atom. The van der Waals surface area contributed by atoms with E-state index in [0.717, 1.165) is 5.56 Å². The first-order valence-corrected chi connectivity index (χ1v) is 7.09. The molecule has 7 heteroatoms. The number of aromatic nitrogens is 2. The predicted molar refractivity (Wildman–Crippen MR) is 85.1 cm³/mol. The lowest BCUT2D eigenvalue weighted by Gasteiger charge is -2.24. The first kappa shape index (κ1) is 15.0. The number of nitrogens with zero attached hydrogens (tertiary/aromatic N) is 4. The molecular formula is C16H15FN4O2. The molecule has 0 amide bonds. The fraction of sp³-hybridized carbons (Fsp3) is 0.188. The maximum atomic E-state index is 13.1. The van der Waals surface area contributed by atoms with Crippen LogP contribution < -0.4 is 4.90 Å². The highest BCUT2D eigenvalue weighted by molar-refractivity contribution is 5.64.